The molecule has 2 amide bonds. The Bertz CT molecular complexity index is 772. The number of hydrogen-bond donors (Lipinski definition) is 1. The van der Waals surface area contributed by atoms with Gasteiger partial charge in [0.25, 0.3) is 0 Å². The third kappa shape index (κ3) is 4.08. The van der Waals surface area contributed by atoms with Crippen molar-refractivity contribution in [3.63, 3.8) is 0 Å². The van der Waals surface area contributed by atoms with E-state index in [9.17, 15) is 9.59 Å². The fraction of sp³-hybridized carbons (Fsp3) is 0.565. The summed E-state index contributed by atoms with van der Waals surface area (Å²) in [6.45, 7) is 9.82. The maximum absolute atomic E-state index is 13.0. The first-order valence-electron chi connectivity index (χ1n) is 10.1. The SMILES string of the molecule is COc1ccccc1NC(=O)C1CCN(C(=O)C2C(C=C(C)C)C2(C)C)CC1. The van der Waals surface area contributed by atoms with Crippen LogP contribution < -0.4 is 10.1 Å². The van der Waals surface area contributed by atoms with Crippen molar-refractivity contribution in [1.82, 2.24) is 4.90 Å². The molecule has 5 nitrogen and oxygen atoms in total. The molecule has 152 valence electrons. The molecule has 0 spiro atoms. The van der Waals surface area contributed by atoms with Gasteiger partial charge in [0.05, 0.1) is 18.7 Å². The summed E-state index contributed by atoms with van der Waals surface area (Å²) in [7, 11) is 1.59. The zero-order valence-corrected chi connectivity index (χ0v) is 17.6. The lowest BCUT2D eigenvalue weighted by molar-refractivity contribution is -0.136. The number of likely N-dealkylation sites (tertiary alicyclic amines) is 1. The van der Waals surface area contributed by atoms with Crippen molar-refractivity contribution in [3.05, 3.63) is 35.9 Å². The van der Waals surface area contributed by atoms with Crippen molar-refractivity contribution in [2.24, 2.45) is 23.2 Å². The second-order valence-electron chi connectivity index (χ2n) is 8.86. The largest absolute Gasteiger partial charge is 0.495 e. The van der Waals surface area contributed by atoms with Gasteiger partial charge in [0.2, 0.25) is 11.8 Å². The Kier molecular flexibility index (Phi) is 5.82. The molecule has 5 heteroatoms. The van der Waals surface area contributed by atoms with Gasteiger partial charge in [0.1, 0.15) is 5.75 Å². The number of piperidine rings is 1. The minimum Gasteiger partial charge on any atom is -0.495 e. The average molecular weight is 385 g/mol. The highest BCUT2D eigenvalue weighted by Gasteiger charge is 2.61. The van der Waals surface area contributed by atoms with Crippen LogP contribution in [0.4, 0.5) is 5.69 Å². The van der Waals surface area contributed by atoms with E-state index in [-0.39, 0.29) is 29.1 Å². The molecule has 1 saturated carbocycles. The van der Waals surface area contributed by atoms with Crippen LogP contribution >= 0.6 is 0 Å². The van der Waals surface area contributed by atoms with Crippen molar-refractivity contribution >= 4 is 17.5 Å². The van der Waals surface area contributed by atoms with Crippen LogP contribution in [0.25, 0.3) is 0 Å². The summed E-state index contributed by atoms with van der Waals surface area (Å²) in [4.78, 5) is 27.6. The minimum absolute atomic E-state index is 0.00534. The molecule has 2 atom stereocenters. The van der Waals surface area contributed by atoms with E-state index in [1.807, 2.05) is 29.2 Å². The first-order valence-corrected chi connectivity index (χ1v) is 10.1. The fourth-order valence-electron chi connectivity index (χ4n) is 4.36. The molecular formula is C23H32N2O3. The molecule has 28 heavy (non-hydrogen) atoms. The number of hydrogen-bond acceptors (Lipinski definition) is 3. The Labute approximate surface area is 168 Å². The van der Waals surface area contributed by atoms with E-state index in [0.717, 1.165) is 0 Å². The normalized spacial score (nSPS) is 23.7. The van der Waals surface area contributed by atoms with E-state index in [1.54, 1.807) is 7.11 Å². The van der Waals surface area contributed by atoms with Crippen molar-refractivity contribution in [2.75, 3.05) is 25.5 Å². The number of methoxy groups -OCH3 is 1. The van der Waals surface area contributed by atoms with Crippen molar-refractivity contribution in [2.45, 2.75) is 40.5 Å². The van der Waals surface area contributed by atoms with Gasteiger partial charge in [0, 0.05) is 19.0 Å². The summed E-state index contributed by atoms with van der Waals surface area (Å²) in [5.41, 5.74) is 1.99. The van der Waals surface area contributed by atoms with Crippen molar-refractivity contribution < 1.29 is 14.3 Å². The Morgan fingerprint density at radius 3 is 2.43 bits per heavy atom. The predicted octanol–water partition coefficient (Wildman–Crippen LogP) is 4.11. The van der Waals surface area contributed by atoms with Crippen molar-refractivity contribution in [1.29, 1.82) is 0 Å². The van der Waals surface area contributed by atoms with Gasteiger partial charge in [0.15, 0.2) is 0 Å². The lowest BCUT2D eigenvalue weighted by atomic mass is 9.95. The van der Waals surface area contributed by atoms with Gasteiger partial charge in [-0.15, -0.1) is 0 Å². The van der Waals surface area contributed by atoms with Crippen LogP contribution in [0.1, 0.15) is 40.5 Å². The lowest BCUT2D eigenvalue weighted by Crippen LogP contribution is -2.42. The van der Waals surface area contributed by atoms with Gasteiger partial charge in [-0.2, -0.15) is 0 Å². The van der Waals surface area contributed by atoms with Crippen LogP contribution in [0.3, 0.4) is 0 Å². The number of benzene rings is 1. The Morgan fingerprint density at radius 1 is 1.18 bits per heavy atom. The molecule has 0 aromatic heterocycles. The van der Waals surface area contributed by atoms with Gasteiger partial charge < -0.3 is 15.0 Å². The van der Waals surface area contributed by atoms with Crippen LogP contribution in [-0.4, -0.2) is 36.9 Å². The number of ether oxygens (including phenoxy) is 1. The van der Waals surface area contributed by atoms with Crippen LogP contribution in [0, 0.1) is 23.2 Å². The predicted molar refractivity (Wildman–Crippen MR) is 111 cm³/mol. The van der Waals surface area contributed by atoms with Gasteiger partial charge in [-0.05, 0) is 50.2 Å². The second kappa shape index (κ2) is 7.98. The summed E-state index contributed by atoms with van der Waals surface area (Å²) in [5, 5.41) is 2.98. The number of amides is 2. The van der Waals surface area contributed by atoms with Crippen molar-refractivity contribution in [3.8, 4) is 5.75 Å². The molecule has 2 aliphatic rings. The molecule has 2 unspecified atom stereocenters. The van der Waals surface area contributed by atoms with E-state index in [1.165, 1.54) is 5.57 Å². The summed E-state index contributed by atoms with van der Waals surface area (Å²) in [5.74, 6) is 1.24. The van der Waals surface area contributed by atoms with E-state index in [0.29, 0.717) is 43.3 Å². The number of nitrogens with zero attached hydrogens (tertiary/aromatic N) is 1. The van der Waals surface area contributed by atoms with Crippen LogP contribution in [0.2, 0.25) is 0 Å². The number of allylic oxidation sites excluding steroid dienone is 2. The highest BCUT2D eigenvalue weighted by atomic mass is 16.5. The number of nitrogens with one attached hydrogen (secondary N) is 1. The zero-order valence-electron chi connectivity index (χ0n) is 17.6. The molecule has 0 bridgehead atoms. The standard InChI is InChI=1S/C23H32N2O3/c1-15(2)14-17-20(23(17,3)4)22(27)25-12-10-16(11-13-25)21(26)24-18-8-6-7-9-19(18)28-5/h6-9,14,16-17,20H,10-13H2,1-5H3,(H,24,26). The van der Waals surface area contributed by atoms with E-state index in [2.05, 4.69) is 39.1 Å². The first kappa shape index (κ1) is 20.4. The highest BCUT2D eigenvalue weighted by Crippen LogP contribution is 2.60. The molecule has 1 aliphatic carbocycles. The third-order valence-corrected chi connectivity index (χ3v) is 6.23. The zero-order chi connectivity index (χ0) is 20.5. The maximum atomic E-state index is 13.0. The molecule has 0 radical (unpaired) electrons. The second-order valence-corrected chi connectivity index (χ2v) is 8.86. The summed E-state index contributed by atoms with van der Waals surface area (Å²) < 4.78 is 5.30. The average Bonchev–Trinajstić information content (AvgIpc) is 3.20. The molecule has 1 aromatic carbocycles. The lowest BCUT2D eigenvalue weighted by Gasteiger charge is -2.32. The number of rotatable bonds is 5. The molecule has 2 fully saturated rings. The number of para-hydroxylation sites is 2. The molecule has 1 heterocycles. The number of carbonyl (C=O) groups is 2. The first-order chi connectivity index (χ1) is 13.3. The summed E-state index contributed by atoms with van der Waals surface area (Å²) in [6, 6.07) is 7.42. The van der Waals surface area contributed by atoms with Gasteiger partial charge in [-0.25, -0.2) is 0 Å². The molecule has 1 aromatic rings. The van der Waals surface area contributed by atoms with Crippen LogP contribution in [0.15, 0.2) is 35.9 Å². The van der Waals surface area contributed by atoms with Gasteiger partial charge >= 0.3 is 0 Å². The number of anilines is 1. The topological polar surface area (TPSA) is 58.6 Å². The summed E-state index contributed by atoms with van der Waals surface area (Å²) >= 11 is 0. The minimum atomic E-state index is -0.0743. The smallest absolute Gasteiger partial charge is 0.227 e. The molecular weight excluding hydrogens is 352 g/mol. The Morgan fingerprint density at radius 2 is 1.82 bits per heavy atom. The molecule has 1 saturated heterocycles. The number of carbonyl (C=O) groups excluding carboxylic acids is 2. The third-order valence-electron chi connectivity index (χ3n) is 6.23. The Balaban J connectivity index is 1.55. The highest BCUT2D eigenvalue weighted by molar-refractivity contribution is 5.94. The van der Waals surface area contributed by atoms with Crippen LogP contribution in [0.5, 0.6) is 5.75 Å². The fourth-order valence-corrected chi connectivity index (χ4v) is 4.36. The van der Waals surface area contributed by atoms with E-state index in [4.69, 9.17) is 4.74 Å². The van der Waals surface area contributed by atoms with Gasteiger partial charge in [-0.1, -0.05) is 37.6 Å². The summed E-state index contributed by atoms with van der Waals surface area (Å²) in [6.07, 6.45) is 3.64. The maximum Gasteiger partial charge on any atom is 0.227 e. The van der Waals surface area contributed by atoms with E-state index < -0.39 is 0 Å². The quantitative estimate of drug-likeness (QED) is 0.777. The van der Waals surface area contributed by atoms with Gasteiger partial charge in [-0.3, -0.25) is 9.59 Å². The van der Waals surface area contributed by atoms with Crippen LogP contribution in [-0.2, 0) is 9.59 Å². The monoisotopic (exact) mass is 384 g/mol. The Hall–Kier alpha value is -2.30. The molecule has 1 aliphatic heterocycles. The molecule has 1 N–H and O–H groups in total. The molecule has 3 rings (SSSR count). The van der Waals surface area contributed by atoms with E-state index >= 15 is 0 Å².